The highest BCUT2D eigenvalue weighted by Crippen LogP contribution is 2.33. The fourth-order valence-corrected chi connectivity index (χ4v) is 6.19. The number of hydrogen-bond donors (Lipinski definition) is 2. The summed E-state index contributed by atoms with van der Waals surface area (Å²) in [5.74, 6) is -0.922. The normalized spacial score (nSPS) is 11.2. The first-order valence-electron chi connectivity index (χ1n) is 13.1. The second kappa shape index (κ2) is 12.2. The van der Waals surface area contributed by atoms with Crippen LogP contribution in [0.3, 0.4) is 0 Å². The molecule has 0 aliphatic rings. The highest BCUT2D eigenvalue weighted by Gasteiger charge is 2.24. The van der Waals surface area contributed by atoms with E-state index in [2.05, 4.69) is 26.0 Å². The molecular formula is C32H26BrN3O6S. The molecular weight excluding hydrogens is 634 g/mol. The molecule has 0 spiro atoms. The van der Waals surface area contributed by atoms with Gasteiger partial charge in [0.1, 0.15) is 5.69 Å². The Hall–Kier alpha value is -4.74. The molecule has 0 aliphatic heterocycles. The third kappa shape index (κ3) is 6.37. The number of aromatic nitrogens is 1. The zero-order chi connectivity index (χ0) is 30.7. The molecule has 1 heterocycles. The molecule has 43 heavy (non-hydrogen) atoms. The number of halogens is 1. The Morgan fingerprint density at radius 1 is 0.860 bits per heavy atom. The minimum Gasteiger partial charge on any atom is -0.464 e. The Bertz CT molecular complexity index is 2010. The Morgan fingerprint density at radius 2 is 1.51 bits per heavy atom. The summed E-state index contributed by atoms with van der Waals surface area (Å²) in [6.45, 7) is 1.40. The van der Waals surface area contributed by atoms with Gasteiger partial charge in [0.15, 0.2) is 0 Å². The lowest BCUT2D eigenvalue weighted by molar-refractivity contribution is -0.114. The molecule has 5 rings (SSSR count). The number of ether oxygens (including phenoxy) is 1. The topological polar surface area (TPSA) is 124 Å². The van der Waals surface area contributed by atoms with Crippen LogP contribution < -0.4 is 15.6 Å². The van der Waals surface area contributed by atoms with Crippen LogP contribution in [0.2, 0.25) is 0 Å². The molecule has 0 aliphatic carbocycles. The van der Waals surface area contributed by atoms with Gasteiger partial charge in [-0.1, -0.05) is 58.4 Å². The number of hydrogen-bond acceptors (Lipinski definition) is 6. The predicted molar refractivity (Wildman–Crippen MR) is 170 cm³/mol. The molecule has 5 aromatic rings. The van der Waals surface area contributed by atoms with Crippen molar-refractivity contribution in [3.05, 3.63) is 123 Å². The van der Waals surface area contributed by atoms with E-state index in [-0.39, 0.29) is 28.6 Å². The Morgan fingerprint density at radius 3 is 2.14 bits per heavy atom. The largest absolute Gasteiger partial charge is 0.464 e. The van der Waals surface area contributed by atoms with Crippen LogP contribution in [0.1, 0.15) is 23.0 Å². The zero-order valence-electron chi connectivity index (χ0n) is 23.1. The van der Waals surface area contributed by atoms with Crippen LogP contribution in [0.25, 0.3) is 21.9 Å². The second-order valence-corrected chi connectivity index (χ2v) is 12.3. The molecule has 1 aromatic heterocycles. The molecule has 0 fully saturated rings. The van der Waals surface area contributed by atoms with E-state index >= 15 is 0 Å². The van der Waals surface area contributed by atoms with Crippen molar-refractivity contribution in [1.82, 2.24) is 4.57 Å². The number of amides is 1. The number of anilines is 2. The SMILES string of the molecule is COC(=O)c1c(-c2ccccc2)c2cc(Br)ccc2c(=O)n1Cc1ccc(NS(=O)(=O)c2ccc(NC(C)=O)cc2)cc1. The van der Waals surface area contributed by atoms with Crippen molar-refractivity contribution in [2.45, 2.75) is 18.4 Å². The standard InChI is InChI=1S/C32H26BrN3O6S/c1-20(37)34-24-13-15-26(16-14-24)43(40,41)35-25-11-8-21(9-12-25)19-36-30(32(39)42-2)29(22-6-4-3-5-7-22)28-18-23(33)10-17-27(28)31(36)38/h3-18,35H,19H2,1-2H3,(H,34,37). The number of nitrogens with zero attached hydrogens (tertiary/aromatic N) is 1. The molecule has 0 unspecified atom stereocenters. The number of nitrogens with one attached hydrogen (secondary N) is 2. The number of carbonyl (C=O) groups excluding carboxylic acids is 2. The van der Waals surface area contributed by atoms with Crippen LogP contribution in [0.4, 0.5) is 11.4 Å². The maximum absolute atomic E-state index is 13.8. The first kappa shape index (κ1) is 29.7. The number of pyridine rings is 1. The minimum atomic E-state index is -3.91. The molecule has 2 N–H and O–H groups in total. The van der Waals surface area contributed by atoms with Crippen LogP contribution in [0.15, 0.2) is 111 Å². The fourth-order valence-electron chi connectivity index (χ4n) is 4.77. The van der Waals surface area contributed by atoms with Crippen LogP contribution in [-0.4, -0.2) is 32.0 Å². The summed E-state index contributed by atoms with van der Waals surface area (Å²) in [6, 6.07) is 26.9. The number of esters is 1. The van der Waals surface area contributed by atoms with E-state index in [9.17, 15) is 22.8 Å². The quantitative estimate of drug-likeness (QED) is 0.196. The first-order valence-corrected chi connectivity index (χ1v) is 15.3. The summed E-state index contributed by atoms with van der Waals surface area (Å²) in [5.41, 5.74) is 2.50. The van der Waals surface area contributed by atoms with Gasteiger partial charge in [-0.3, -0.25) is 18.9 Å². The van der Waals surface area contributed by atoms with Gasteiger partial charge < -0.3 is 10.1 Å². The monoisotopic (exact) mass is 659 g/mol. The summed E-state index contributed by atoms with van der Waals surface area (Å²) in [4.78, 5) is 38.3. The van der Waals surface area contributed by atoms with Crippen molar-refractivity contribution in [2.75, 3.05) is 17.1 Å². The van der Waals surface area contributed by atoms with Gasteiger partial charge in [-0.05, 0) is 71.1 Å². The molecule has 11 heteroatoms. The maximum atomic E-state index is 13.8. The third-order valence-electron chi connectivity index (χ3n) is 6.71. The van der Waals surface area contributed by atoms with Gasteiger partial charge in [-0.15, -0.1) is 0 Å². The summed E-state index contributed by atoms with van der Waals surface area (Å²) in [5, 5.41) is 3.64. The average molecular weight is 661 g/mol. The predicted octanol–water partition coefficient (Wildman–Crippen LogP) is 6.03. The van der Waals surface area contributed by atoms with Gasteiger partial charge in [0, 0.05) is 33.7 Å². The fraction of sp³-hybridized carbons (Fsp3) is 0.0938. The average Bonchev–Trinajstić information content (AvgIpc) is 2.99. The minimum absolute atomic E-state index is 0.0243. The summed E-state index contributed by atoms with van der Waals surface area (Å²) in [6.07, 6.45) is 0. The maximum Gasteiger partial charge on any atom is 0.355 e. The van der Waals surface area contributed by atoms with Crippen LogP contribution in [0.5, 0.6) is 0 Å². The summed E-state index contributed by atoms with van der Waals surface area (Å²) in [7, 11) is -2.64. The van der Waals surface area contributed by atoms with E-state index in [1.54, 1.807) is 36.4 Å². The zero-order valence-corrected chi connectivity index (χ0v) is 25.5. The number of sulfonamides is 1. The van der Waals surface area contributed by atoms with Gasteiger partial charge in [0.05, 0.1) is 18.6 Å². The number of carbonyl (C=O) groups is 2. The van der Waals surface area contributed by atoms with Crippen molar-refractivity contribution in [1.29, 1.82) is 0 Å². The highest BCUT2D eigenvalue weighted by molar-refractivity contribution is 9.10. The van der Waals surface area contributed by atoms with Gasteiger partial charge in [0.2, 0.25) is 5.91 Å². The van der Waals surface area contributed by atoms with E-state index in [1.807, 2.05) is 36.4 Å². The highest BCUT2D eigenvalue weighted by atomic mass is 79.9. The molecule has 4 aromatic carbocycles. The Balaban J connectivity index is 1.51. The van der Waals surface area contributed by atoms with Gasteiger partial charge in [-0.2, -0.15) is 0 Å². The number of methoxy groups -OCH3 is 1. The Kier molecular flexibility index (Phi) is 8.47. The number of fused-ring (bicyclic) bond motifs is 1. The van der Waals surface area contributed by atoms with Crippen molar-refractivity contribution in [3.63, 3.8) is 0 Å². The lowest BCUT2D eigenvalue weighted by Crippen LogP contribution is -2.28. The van der Waals surface area contributed by atoms with E-state index < -0.39 is 16.0 Å². The van der Waals surface area contributed by atoms with Crippen LogP contribution in [0, 0.1) is 0 Å². The van der Waals surface area contributed by atoms with Crippen molar-refractivity contribution in [3.8, 4) is 11.1 Å². The molecule has 0 saturated heterocycles. The van der Waals surface area contributed by atoms with Gasteiger partial charge >= 0.3 is 5.97 Å². The van der Waals surface area contributed by atoms with Crippen molar-refractivity contribution >= 4 is 60.0 Å². The molecule has 0 radical (unpaired) electrons. The number of benzene rings is 4. The van der Waals surface area contributed by atoms with E-state index in [0.717, 1.165) is 10.0 Å². The van der Waals surface area contributed by atoms with E-state index in [4.69, 9.17) is 4.74 Å². The molecule has 0 saturated carbocycles. The van der Waals surface area contributed by atoms with Crippen LogP contribution >= 0.6 is 15.9 Å². The van der Waals surface area contributed by atoms with E-state index in [0.29, 0.717) is 33.3 Å². The molecule has 218 valence electrons. The lowest BCUT2D eigenvalue weighted by Gasteiger charge is -2.19. The van der Waals surface area contributed by atoms with E-state index in [1.165, 1.54) is 42.9 Å². The van der Waals surface area contributed by atoms with Crippen LogP contribution in [-0.2, 0) is 26.1 Å². The molecule has 1 amide bonds. The van der Waals surface area contributed by atoms with Crippen molar-refractivity contribution in [2.24, 2.45) is 0 Å². The second-order valence-electron chi connectivity index (χ2n) is 9.67. The summed E-state index contributed by atoms with van der Waals surface area (Å²) >= 11 is 3.48. The molecule has 0 atom stereocenters. The third-order valence-corrected chi connectivity index (χ3v) is 8.60. The first-order chi connectivity index (χ1) is 20.6. The Labute approximate surface area is 256 Å². The van der Waals surface area contributed by atoms with Gasteiger partial charge in [-0.25, -0.2) is 13.2 Å². The summed E-state index contributed by atoms with van der Waals surface area (Å²) < 4.78 is 35.7. The van der Waals surface area contributed by atoms with Crippen molar-refractivity contribution < 1.29 is 22.7 Å². The smallest absolute Gasteiger partial charge is 0.355 e. The molecule has 0 bridgehead atoms. The van der Waals surface area contributed by atoms with Gasteiger partial charge in [0.25, 0.3) is 15.6 Å². The lowest BCUT2D eigenvalue weighted by atomic mass is 9.96. The molecule has 9 nitrogen and oxygen atoms in total. The number of rotatable bonds is 8.